The van der Waals surface area contributed by atoms with Gasteiger partial charge in [-0.2, -0.15) is 11.3 Å². The number of nitrogens with zero attached hydrogens (tertiary/aromatic N) is 2. The molecule has 1 saturated heterocycles. The molecular formula is C20H24ClN3OS. The van der Waals surface area contributed by atoms with Gasteiger partial charge in [0.05, 0.1) is 23.5 Å². The first-order chi connectivity index (χ1) is 12.6. The Morgan fingerprint density at radius 2 is 2.23 bits per heavy atom. The number of hydrogen-bond donors (Lipinski definition) is 2. The largest absolute Gasteiger partial charge is 0.392 e. The Kier molecular flexibility index (Phi) is 5.32. The molecule has 1 aromatic carbocycles. The van der Waals surface area contributed by atoms with Gasteiger partial charge < -0.3 is 15.0 Å². The van der Waals surface area contributed by atoms with E-state index in [1.807, 2.05) is 18.5 Å². The van der Waals surface area contributed by atoms with Crippen LogP contribution in [0.15, 0.2) is 29.2 Å². The number of hydrogen-bond acceptors (Lipinski definition) is 4. The number of aryl methyl sites for hydroxylation is 2. The average molecular weight is 390 g/mol. The molecule has 138 valence electrons. The molecule has 6 heteroatoms. The van der Waals surface area contributed by atoms with Crippen molar-refractivity contribution in [3.05, 3.63) is 39.8 Å². The van der Waals surface area contributed by atoms with E-state index in [9.17, 15) is 5.11 Å². The Bertz CT molecular complexity index is 904. The maximum Gasteiger partial charge on any atom is 0.0958 e. The number of benzene rings is 1. The van der Waals surface area contributed by atoms with E-state index >= 15 is 0 Å². The molecule has 0 amide bonds. The Hall–Kier alpha value is -1.40. The normalized spacial score (nSPS) is 20.7. The second kappa shape index (κ2) is 7.69. The van der Waals surface area contributed by atoms with E-state index in [1.165, 1.54) is 11.1 Å². The summed E-state index contributed by atoms with van der Waals surface area (Å²) in [7, 11) is 0. The quantitative estimate of drug-likeness (QED) is 0.669. The highest BCUT2D eigenvalue weighted by molar-refractivity contribution is 7.08. The Labute approximate surface area is 162 Å². The molecule has 2 atom stereocenters. The zero-order valence-corrected chi connectivity index (χ0v) is 16.5. The van der Waals surface area contributed by atoms with Crippen LogP contribution in [0.2, 0.25) is 5.02 Å². The number of thiophene rings is 1. The van der Waals surface area contributed by atoms with Gasteiger partial charge in [-0.05, 0) is 73.2 Å². The van der Waals surface area contributed by atoms with Crippen molar-refractivity contribution in [3.8, 4) is 11.1 Å². The molecule has 26 heavy (non-hydrogen) atoms. The van der Waals surface area contributed by atoms with E-state index < -0.39 is 0 Å². The van der Waals surface area contributed by atoms with Crippen molar-refractivity contribution < 1.29 is 5.11 Å². The van der Waals surface area contributed by atoms with E-state index in [0.29, 0.717) is 0 Å². The fourth-order valence-corrected chi connectivity index (χ4v) is 4.96. The van der Waals surface area contributed by atoms with Crippen LogP contribution in [0.3, 0.4) is 0 Å². The number of aliphatic hydroxyl groups is 1. The molecule has 0 radical (unpaired) electrons. The summed E-state index contributed by atoms with van der Waals surface area (Å²) in [6.45, 7) is 4.03. The molecule has 0 aliphatic carbocycles. The highest BCUT2D eigenvalue weighted by Crippen LogP contribution is 2.35. The molecule has 0 unspecified atom stereocenters. The molecule has 1 aliphatic heterocycles. The third-order valence-corrected chi connectivity index (χ3v) is 6.37. The van der Waals surface area contributed by atoms with Crippen molar-refractivity contribution in [2.45, 2.75) is 51.3 Å². The van der Waals surface area contributed by atoms with Crippen LogP contribution < -0.4 is 5.32 Å². The van der Waals surface area contributed by atoms with E-state index in [-0.39, 0.29) is 12.1 Å². The first kappa shape index (κ1) is 18.0. The number of rotatable bonds is 5. The minimum Gasteiger partial charge on any atom is -0.392 e. The molecule has 3 aromatic rings. The first-order valence-corrected chi connectivity index (χ1v) is 10.5. The fraction of sp³-hybridized carbons (Fsp3) is 0.450. The van der Waals surface area contributed by atoms with Gasteiger partial charge in [-0.1, -0.05) is 11.6 Å². The number of nitrogens with one attached hydrogen (secondary N) is 1. The smallest absolute Gasteiger partial charge is 0.0958 e. The molecule has 0 saturated carbocycles. The topological polar surface area (TPSA) is 50.1 Å². The van der Waals surface area contributed by atoms with Crippen LogP contribution in [0.5, 0.6) is 0 Å². The lowest BCUT2D eigenvalue weighted by atomic mass is 9.97. The van der Waals surface area contributed by atoms with Gasteiger partial charge in [-0.3, -0.25) is 0 Å². The van der Waals surface area contributed by atoms with E-state index in [2.05, 4.69) is 32.6 Å². The summed E-state index contributed by atoms with van der Waals surface area (Å²) in [5.74, 6) is 0. The van der Waals surface area contributed by atoms with Gasteiger partial charge in [0.25, 0.3) is 0 Å². The lowest BCUT2D eigenvalue weighted by molar-refractivity contribution is 0.0909. The van der Waals surface area contributed by atoms with Crippen LogP contribution in [-0.2, 0) is 6.54 Å². The summed E-state index contributed by atoms with van der Waals surface area (Å²) >= 11 is 8.05. The minimum atomic E-state index is -0.217. The van der Waals surface area contributed by atoms with E-state index in [0.717, 1.165) is 60.4 Å². The first-order valence-electron chi connectivity index (χ1n) is 9.22. The number of imidazole rings is 1. The van der Waals surface area contributed by atoms with Crippen LogP contribution in [0.4, 0.5) is 0 Å². The standard InChI is InChI=1S/C20H24ClN3OS/c1-13-10-26-11-16(13)15-8-14(21)9-18-20(15)24(12-23-18)7-3-4-17-19(25)5-2-6-22-17/h8-12,17,19,22,25H,2-7H2,1H3/t17-,19+/m1/s1. The van der Waals surface area contributed by atoms with Crippen LogP contribution >= 0.6 is 22.9 Å². The van der Waals surface area contributed by atoms with Crippen molar-refractivity contribution in [2.24, 2.45) is 0 Å². The van der Waals surface area contributed by atoms with Gasteiger partial charge in [0, 0.05) is 23.2 Å². The lowest BCUT2D eigenvalue weighted by Gasteiger charge is -2.29. The van der Waals surface area contributed by atoms with Crippen LogP contribution in [0.1, 0.15) is 31.2 Å². The van der Waals surface area contributed by atoms with Gasteiger partial charge in [0.1, 0.15) is 0 Å². The summed E-state index contributed by atoms with van der Waals surface area (Å²) in [4.78, 5) is 4.58. The second-order valence-corrected chi connectivity index (χ2v) is 8.32. The molecule has 1 aliphatic rings. The summed E-state index contributed by atoms with van der Waals surface area (Å²) in [5, 5.41) is 18.6. The Morgan fingerprint density at radius 3 is 3.00 bits per heavy atom. The predicted molar refractivity (Wildman–Crippen MR) is 109 cm³/mol. The van der Waals surface area contributed by atoms with Crippen molar-refractivity contribution >= 4 is 34.0 Å². The van der Waals surface area contributed by atoms with Crippen molar-refractivity contribution in [3.63, 3.8) is 0 Å². The highest BCUT2D eigenvalue weighted by Gasteiger charge is 2.22. The minimum absolute atomic E-state index is 0.214. The Balaban J connectivity index is 1.59. The summed E-state index contributed by atoms with van der Waals surface area (Å²) in [6.07, 6.45) is 5.65. The number of piperidine rings is 1. The zero-order chi connectivity index (χ0) is 18.1. The lowest BCUT2D eigenvalue weighted by Crippen LogP contribution is -2.44. The summed E-state index contributed by atoms with van der Waals surface area (Å²) in [6, 6.07) is 4.20. The SMILES string of the molecule is Cc1cscc1-c1cc(Cl)cc2ncn(CCC[C@H]3NCCC[C@@H]3O)c12. The van der Waals surface area contributed by atoms with E-state index in [1.54, 1.807) is 11.3 Å². The number of halogens is 1. The number of aliphatic hydroxyl groups excluding tert-OH is 1. The average Bonchev–Trinajstić information content (AvgIpc) is 3.22. The van der Waals surface area contributed by atoms with Crippen LogP contribution in [-0.4, -0.2) is 33.3 Å². The molecular weight excluding hydrogens is 366 g/mol. The summed E-state index contributed by atoms with van der Waals surface area (Å²) < 4.78 is 2.23. The maximum atomic E-state index is 10.1. The molecule has 2 N–H and O–H groups in total. The van der Waals surface area contributed by atoms with Gasteiger partial charge in [0.15, 0.2) is 0 Å². The molecule has 1 fully saturated rings. The third kappa shape index (κ3) is 3.54. The predicted octanol–water partition coefficient (Wildman–Crippen LogP) is 4.62. The number of fused-ring (bicyclic) bond motifs is 1. The van der Waals surface area contributed by atoms with Gasteiger partial charge in [0.2, 0.25) is 0 Å². The van der Waals surface area contributed by atoms with Gasteiger partial charge >= 0.3 is 0 Å². The van der Waals surface area contributed by atoms with Crippen molar-refractivity contribution in [1.29, 1.82) is 0 Å². The van der Waals surface area contributed by atoms with Gasteiger partial charge in [-0.15, -0.1) is 0 Å². The molecule has 0 spiro atoms. The second-order valence-electron chi connectivity index (χ2n) is 7.14. The molecule has 4 nitrogen and oxygen atoms in total. The van der Waals surface area contributed by atoms with Crippen molar-refractivity contribution in [1.82, 2.24) is 14.9 Å². The summed E-state index contributed by atoms with van der Waals surface area (Å²) in [5.41, 5.74) is 5.73. The van der Waals surface area contributed by atoms with Crippen LogP contribution in [0, 0.1) is 6.92 Å². The fourth-order valence-electron chi connectivity index (χ4n) is 3.90. The van der Waals surface area contributed by atoms with Crippen LogP contribution in [0.25, 0.3) is 22.2 Å². The molecule has 4 rings (SSSR count). The highest BCUT2D eigenvalue weighted by atomic mass is 35.5. The Morgan fingerprint density at radius 1 is 1.35 bits per heavy atom. The maximum absolute atomic E-state index is 10.1. The molecule has 0 bridgehead atoms. The monoisotopic (exact) mass is 389 g/mol. The van der Waals surface area contributed by atoms with Gasteiger partial charge in [-0.25, -0.2) is 4.98 Å². The molecule has 3 heterocycles. The zero-order valence-electron chi connectivity index (χ0n) is 14.9. The number of aromatic nitrogens is 2. The van der Waals surface area contributed by atoms with Crippen molar-refractivity contribution in [2.75, 3.05) is 6.54 Å². The third-order valence-electron chi connectivity index (χ3n) is 5.29. The molecule has 2 aromatic heterocycles. The van der Waals surface area contributed by atoms with E-state index in [4.69, 9.17) is 11.6 Å².